The highest BCUT2D eigenvalue weighted by molar-refractivity contribution is 5.92. The lowest BCUT2D eigenvalue weighted by Crippen LogP contribution is -2.22. The van der Waals surface area contributed by atoms with Crippen molar-refractivity contribution in [3.63, 3.8) is 0 Å². The summed E-state index contributed by atoms with van der Waals surface area (Å²) in [5.74, 6) is -0.384. The molecule has 2 aromatic rings. The molecule has 0 saturated carbocycles. The van der Waals surface area contributed by atoms with E-state index in [0.717, 1.165) is 18.7 Å². The number of carbonyl (C=O) groups is 1. The number of primary amides is 1. The van der Waals surface area contributed by atoms with Crippen LogP contribution in [0.4, 0.5) is 5.69 Å². The predicted molar refractivity (Wildman–Crippen MR) is 82.9 cm³/mol. The molecular weight excluding hydrogens is 248 g/mol. The van der Waals surface area contributed by atoms with Gasteiger partial charge < -0.3 is 10.6 Å². The smallest absolute Gasteiger partial charge is 0.248 e. The SMILES string of the molecule is CCN(Cc1cccc(C(N)=O)c1)c1ccc(C)cc1. The Hall–Kier alpha value is -2.29. The summed E-state index contributed by atoms with van der Waals surface area (Å²) in [6, 6.07) is 16.0. The predicted octanol–water partition coefficient (Wildman–Crippen LogP) is 3.12. The molecule has 0 aliphatic heterocycles. The zero-order valence-electron chi connectivity index (χ0n) is 12.0. The fourth-order valence-electron chi connectivity index (χ4n) is 2.18. The molecule has 2 aromatic carbocycles. The molecular formula is C17H20N2O. The third-order valence-corrected chi connectivity index (χ3v) is 3.37. The van der Waals surface area contributed by atoms with E-state index >= 15 is 0 Å². The summed E-state index contributed by atoms with van der Waals surface area (Å²) in [6.45, 7) is 5.87. The molecule has 0 fully saturated rings. The minimum Gasteiger partial charge on any atom is -0.367 e. The first-order chi connectivity index (χ1) is 9.60. The molecule has 2 N–H and O–H groups in total. The van der Waals surface area contributed by atoms with E-state index in [1.165, 1.54) is 11.3 Å². The molecule has 0 aliphatic rings. The largest absolute Gasteiger partial charge is 0.367 e. The van der Waals surface area contributed by atoms with E-state index in [4.69, 9.17) is 5.73 Å². The van der Waals surface area contributed by atoms with E-state index in [0.29, 0.717) is 5.56 Å². The first-order valence-electron chi connectivity index (χ1n) is 6.80. The zero-order valence-corrected chi connectivity index (χ0v) is 12.0. The second kappa shape index (κ2) is 6.24. The first kappa shape index (κ1) is 14.1. The van der Waals surface area contributed by atoms with E-state index in [1.807, 2.05) is 18.2 Å². The number of hydrogen-bond donors (Lipinski definition) is 1. The number of nitrogens with two attached hydrogens (primary N) is 1. The quantitative estimate of drug-likeness (QED) is 0.905. The maximum absolute atomic E-state index is 11.2. The van der Waals surface area contributed by atoms with Gasteiger partial charge in [0.1, 0.15) is 0 Å². The number of amides is 1. The Labute approximate surface area is 120 Å². The molecule has 2 rings (SSSR count). The fourth-order valence-corrected chi connectivity index (χ4v) is 2.18. The van der Waals surface area contributed by atoms with E-state index in [1.54, 1.807) is 6.07 Å². The molecule has 3 nitrogen and oxygen atoms in total. The molecule has 0 bridgehead atoms. The first-order valence-corrected chi connectivity index (χ1v) is 6.80. The topological polar surface area (TPSA) is 46.3 Å². The summed E-state index contributed by atoms with van der Waals surface area (Å²) >= 11 is 0. The summed E-state index contributed by atoms with van der Waals surface area (Å²) in [5, 5.41) is 0. The van der Waals surface area contributed by atoms with Crippen LogP contribution in [0.5, 0.6) is 0 Å². The second-order valence-corrected chi connectivity index (χ2v) is 4.91. The number of carbonyl (C=O) groups excluding carboxylic acids is 1. The highest BCUT2D eigenvalue weighted by atomic mass is 16.1. The molecule has 104 valence electrons. The maximum atomic E-state index is 11.2. The molecule has 0 aromatic heterocycles. The Balaban J connectivity index is 2.19. The van der Waals surface area contributed by atoms with Crippen LogP contribution in [0.2, 0.25) is 0 Å². The average molecular weight is 268 g/mol. The van der Waals surface area contributed by atoms with Gasteiger partial charge in [-0.3, -0.25) is 4.79 Å². The molecule has 0 atom stereocenters. The van der Waals surface area contributed by atoms with Crippen LogP contribution in [-0.4, -0.2) is 12.5 Å². The normalized spacial score (nSPS) is 10.3. The van der Waals surface area contributed by atoms with Gasteiger partial charge in [0.05, 0.1) is 0 Å². The number of hydrogen-bond acceptors (Lipinski definition) is 2. The number of anilines is 1. The molecule has 20 heavy (non-hydrogen) atoms. The minimum atomic E-state index is -0.384. The maximum Gasteiger partial charge on any atom is 0.248 e. The molecule has 0 aliphatic carbocycles. The van der Waals surface area contributed by atoms with Crippen molar-refractivity contribution in [1.82, 2.24) is 0 Å². The summed E-state index contributed by atoms with van der Waals surface area (Å²) in [7, 11) is 0. The molecule has 0 saturated heterocycles. The van der Waals surface area contributed by atoms with Gasteiger partial charge in [0.2, 0.25) is 5.91 Å². The monoisotopic (exact) mass is 268 g/mol. The van der Waals surface area contributed by atoms with Crippen molar-refractivity contribution < 1.29 is 4.79 Å². The Morgan fingerprint density at radius 3 is 2.45 bits per heavy atom. The van der Waals surface area contributed by atoms with Gasteiger partial charge in [0.25, 0.3) is 0 Å². The Morgan fingerprint density at radius 1 is 1.15 bits per heavy atom. The summed E-state index contributed by atoms with van der Waals surface area (Å²) in [5.41, 5.74) is 9.40. The van der Waals surface area contributed by atoms with Crippen LogP contribution in [0.3, 0.4) is 0 Å². The van der Waals surface area contributed by atoms with Crippen molar-refractivity contribution in [3.8, 4) is 0 Å². The van der Waals surface area contributed by atoms with Crippen molar-refractivity contribution in [1.29, 1.82) is 0 Å². The molecule has 3 heteroatoms. The highest BCUT2D eigenvalue weighted by Gasteiger charge is 2.07. The van der Waals surface area contributed by atoms with Crippen LogP contribution < -0.4 is 10.6 Å². The van der Waals surface area contributed by atoms with Gasteiger partial charge in [-0.1, -0.05) is 29.8 Å². The number of benzene rings is 2. The molecule has 0 unspecified atom stereocenters. The van der Waals surface area contributed by atoms with Crippen molar-refractivity contribution >= 4 is 11.6 Å². The van der Waals surface area contributed by atoms with Gasteiger partial charge in [-0.25, -0.2) is 0 Å². The number of rotatable bonds is 5. The van der Waals surface area contributed by atoms with Crippen molar-refractivity contribution in [2.45, 2.75) is 20.4 Å². The molecule has 1 amide bonds. The van der Waals surface area contributed by atoms with Gasteiger partial charge in [-0.05, 0) is 43.7 Å². The van der Waals surface area contributed by atoms with Crippen LogP contribution in [0.1, 0.15) is 28.4 Å². The lowest BCUT2D eigenvalue weighted by atomic mass is 10.1. The van der Waals surface area contributed by atoms with Gasteiger partial charge >= 0.3 is 0 Å². The zero-order chi connectivity index (χ0) is 14.5. The van der Waals surface area contributed by atoms with Crippen LogP contribution in [0, 0.1) is 6.92 Å². The van der Waals surface area contributed by atoms with E-state index < -0.39 is 0 Å². The third-order valence-electron chi connectivity index (χ3n) is 3.37. The number of aryl methyl sites for hydroxylation is 1. The Morgan fingerprint density at radius 2 is 1.85 bits per heavy atom. The van der Waals surface area contributed by atoms with Gasteiger partial charge in [0, 0.05) is 24.3 Å². The summed E-state index contributed by atoms with van der Waals surface area (Å²) in [4.78, 5) is 13.5. The lowest BCUT2D eigenvalue weighted by molar-refractivity contribution is 0.1000. The minimum absolute atomic E-state index is 0.384. The van der Waals surface area contributed by atoms with Gasteiger partial charge in [-0.2, -0.15) is 0 Å². The van der Waals surface area contributed by atoms with E-state index in [2.05, 4.69) is 43.0 Å². The molecule has 0 spiro atoms. The standard InChI is InChI=1S/C17H20N2O/c1-3-19(16-9-7-13(2)8-10-16)12-14-5-4-6-15(11-14)17(18)20/h4-11H,3,12H2,1-2H3,(H2,18,20). The van der Waals surface area contributed by atoms with Crippen molar-refractivity contribution in [3.05, 3.63) is 65.2 Å². The average Bonchev–Trinajstić information content (AvgIpc) is 2.46. The molecule has 0 heterocycles. The Kier molecular flexibility index (Phi) is 4.41. The van der Waals surface area contributed by atoms with Crippen LogP contribution in [-0.2, 0) is 6.54 Å². The number of nitrogens with zero attached hydrogens (tertiary/aromatic N) is 1. The summed E-state index contributed by atoms with van der Waals surface area (Å²) < 4.78 is 0. The Bertz CT molecular complexity index is 590. The fraction of sp³-hybridized carbons (Fsp3) is 0.235. The third kappa shape index (κ3) is 3.38. The highest BCUT2D eigenvalue weighted by Crippen LogP contribution is 2.18. The van der Waals surface area contributed by atoms with Crippen LogP contribution in [0.25, 0.3) is 0 Å². The summed E-state index contributed by atoms with van der Waals surface area (Å²) in [6.07, 6.45) is 0. The van der Waals surface area contributed by atoms with Gasteiger partial charge in [0.15, 0.2) is 0 Å². The van der Waals surface area contributed by atoms with Gasteiger partial charge in [-0.15, -0.1) is 0 Å². The van der Waals surface area contributed by atoms with Crippen molar-refractivity contribution in [2.75, 3.05) is 11.4 Å². The second-order valence-electron chi connectivity index (χ2n) is 4.91. The lowest BCUT2D eigenvalue weighted by Gasteiger charge is -2.23. The molecule has 0 radical (unpaired) electrons. The van der Waals surface area contributed by atoms with Crippen molar-refractivity contribution in [2.24, 2.45) is 5.73 Å². The van der Waals surface area contributed by atoms with E-state index in [9.17, 15) is 4.79 Å². The van der Waals surface area contributed by atoms with Crippen LogP contribution >= 0.6 is 0 Å². The van der Waals surface area contributed by atoms with Crippen LogP contribution in [0.15, 0.2) is 48.5 Å². The van der Waals surface area contributed by atoms with E-state index in [-0.39, 0.29) is 5.91 Å².